The Morgan fingerprint density at radius 1 is 0.929 bits per heavy atom. The molecule has 0 saturated heterocycles. The number of halogens is 1. The minimum atomic E-state index is -0.731. The summed E-state index contributed by atoms with van der Waals surface area (Å²) in [4.78, 5) is 24.5. The van der Waals surface area contributed by atoms with Gasteiger partial charge >= 0.3 is 6.03 Å². The first kappa shape index (κ1) is 21.7. The van der Waals surface area contributed by atoms with Crippen LogP contribution in [0.4, 0.5) is 16.2 Å². The standard InChI is InChI=1S/C21H26N4O2.ClH/c1-15(23-19(26)21(22)13-5-6-14-21)16-9-11-18(12-10-16)25-20(27)24-17-7-3-2-4-8-17;/h2-4,7-12,15H,5-6,13-14,22H2,1H3,(H,23,26)(H2,24,25,27);1H. The summed E-state index contributed by atoms with van der Waals surface area (Å²) < 4.78 is 0. The normalized spacial score (nSPS) is 15.8. The highest BCUT2D eigenvalue weighted by molar-refractivity contribution is 5.99. The molecule has 0 aliphatic heterocycles. The van der Waals surface area contributed by atoms with Crippen LogP contribution in [-0.2, 0) is 4.79 Å². The monoisotopic (exact) mass is 402 g/mol. The highest BCUT2D eigenvalue weighted by atomic mass is 35.5. The molecule has 1 aliphatic rings. The Balaban J connectivity index is 0.00000280. The van der Waals surface area contributed by atoms with E-state index in [9.17, 15) is 9.59 Å². The number of nitrogens with one attached hydrogen (secondary N) is 3. The van der Waals surface area contributed by atoms with E-state index in [2.05, 4.69) is 16.0 Å². The molecule has 1 fully saturated rings. The number of amides is 3. The van der Waals surface area contributed by atoms with E-state index in [0.717, 1.165) is 36.9 Å². The van der Waals surface area contributed by atoms with Crippen LogP contribution in [0.2, 0.25) is 0 Å². The van der Waals surface area contributed by atoms with E-state index in [4.69, 9.17) is 5.73 Å². The number of anilines is 2. The molecule has 7 heteroatoms. The number of carbonyl (C=O) groups excluding carboxylic acids is 2. The zero-order chi connectivity index (χ0) is 19.3. The maximum Gasteiger partial charge on any atom is 0.323 e. The van der Waals surface area contributed by atoms with Gasteiger partial charge in [0.25, 0.3) is 0 Å². The van der Waals surface area contributed by atoms with E-state index >= 15 is 0 Å². The Labute approximate surface area is 171 Å². The molecule has 3 rings (SSSR count). The summed E-state index contributed by atoms with van der Waals surface area (Å²) >= 11 is 0. The average molecular weight is 403 g/mol. The van der Waals surface area contributed by atoms with Gasteiger partial charge in [-0.15, -0.1) is 12.4 Å². The molecule has 1 atom stereocenters. The Morgan fingerprint density at radius 3 is 2.04 bits per heavy atom. The van der Waals surface area contributed by atoms with Gasteiger partial charge in [0.15, 0.2) is 0 Å². The minimum absolute atomic E-state index is 0. The molecule has 3 amide bonds. The molecule has 6 nitrogen and oxygen atoms in total. The van der Waals surface area contributed by atoms with Crippen molar-refractivity contribution in [3.05, 3.63) is 60.2 Å². The molecule has 1 unspecified atom stereocenters. The summed E-state index contributed by atoms with van der Waals surface area (Å²) in [6.45, 7) is 1.93. The van der Waals surface area contributed by atoms with Crippen molar-refractivity contribution in [2.24, 2.45) is 5.73 Å². The molecular weight excluding hydrogens is 376 g/mol. The first-order chi connectivity index (χ1) is 13.0. The second-order valence-electron chi connectivity index (χ2n) is 7.13. The van der Waals surface area contributed by atoms with Crippen LogP contribution in [0, 0.1) is 0 Å². The van der Waals surface area contributed by atoms with E-state index in [1.807, 2.05) is 61.5 Å². The van der Waals surface area contributed by atoms with Crippen LogP contribution in [0.25, 0.3) is 0 Å². The van der Waals surface area contributed by atoms with Gasteiger partial charge in [-0.1, -0.05) is 43.2 Å². The van der Waals surface area contributed by atoms with Crippen molar-refractivity contribution in [2.75, 3.05) is 10.6 Å². The maximum atomic E-state index is 12.4. The smallest absolute Gasteiger partial charge is 0.323 e. The largest absolute Gasteiger partial charge is 0.348 e. The zero-order valence-electron chi connectivity index (χ0n) is 15.9. The lowest BCUT2D eigenvalue weighted by atomic mass is 9.97. The molecule has 1 saturated carbocycles. The van der Waals surface area contributed by atoms with E-state index in [-0.39, 0.29) is 30.4 Å². The molecule has 0 heterocycles. The van der Waals surface area contributed by atoms with Gasteiger partial charge in [-0.3, -0.25) is 4.79 Å². The van der Waals surface area contributed by atoms with Gasteiger partial charge < -0.3 is 21.7 Å². The Bertz CT molecular complexity index is 790. The number of urea groups is 1. The van der Waals surface area contributed by atoms with Crippen molar-refractivity contribution < 1.29 is 9.59 Å². The van der Waals surface area contributed by atoms with E-state index < -0.39 is 5.54 Å². The van der Waals surface area contributed by atoms with E-state index in [0.29, 0.717) is 5.69 Å². The average Bonchev–Trinajstić information content (AvgIpc) is 3.11. The van der Waals surface area contributed by atoms with Gasteiger partial charge in [-0.05, 0) is 49.6 Å². The van der Waals surface area contributed by atoms with Gasteiger partial charge in [-0.25, -0.2) is 4.79 Å². The third-order valence-corrected chi connectivity index (χ3v) is 5.00. The van der Waals surface area contributed by atoms with Gasteiger partial charge in [0.05, 0.1) is 11.6 Å². The number of hydrogen-bond donors (Lipinski definition) is 4. The lowest BCUT2D eigenvalue weighted by molar-refractivity contribution is -0.126. The fraction of sp³-hybridized carbons (Fsp3) is 0.333. The molecule has 0 aromatic heterocycles. The zero-order valence-corrected chi connectivity index (χ0v) is 16.7. The highest BCUT2D eigenvalue weighted by Crippen LogP contribution is 2.28. The molecule has 28 heavy (non-hydrogen) atoms. The minimum Gasteiger partial charge on any atom is -0.348 e. The lowest BCUT2D eigenvalue weighted by Gasteiger charge is -2.25. The fourth-order valence-electron chi connectivity index (χ4n) is 3.33. The van der Waals surface area contributed by atoms with Crippen molar-refractivity contribution in [1.29, 1.82) is 0 Å². The van der Waals surface area contributed by atoms with Crippen LogP contribution in [0.15, 0.2) is 54.6 Å². The van der Waals surface area contributed by atoms with Crippen molar-refractivity contribution in [1.82, 2.24) is 5.32 Å². The summed E-state index contributed by atoms with van der Waals surface area (Å²) in [5, 5.41) is 8.57. The van der Waals surface area contributed by atoms with Gasteiger partial charge in [-0.2, -0.15) is 0 Å². The third kappa shape index (κ3) is 5.47. The van der Waals surface area contributed by atoms with Gasteiger partial charge in [0, 0.05) is 11.4 Å². The molecule has 5 N–H and O–H groups in total. The Hall–Kier alpha value is -2.57. The number of rotatable bonds is 5. The summed E-state index contributed by atoms with van der Waals surface area (Å²) in [7, 11) is 0. The third-order valence-electron chi connectivity index (χ3n) is 5.00. The van der Waals surface area contributed by atoms with Crippen molar-refractivity contribution in [3.8, 4) is 0 Å². The molecule has 1 aliphatic carbocycles. The van der Waals surface area contributed by atoms with Crippen LogP contribution >= 0.6 is 12.4 Å². The SMILES string of the molecule is CC(NC(=O)C1(N)CCCC1)c1ccc(NC(=O)Nc2ccccc2)cc1.Cl. The Kier molecular flexibility index (Phi) is 7.43. The number of benzene rings is 2. The second kappa shape index (κ2) is 9.57. The quantitative estimate of drug-likeness (QED) is 0.603. The van der Waals surface area contributed by atoms with Crippen LogP contribution in [0.1, 0.15) is 44.2 Å². The van der Waals surface area contributed by atoms with Gasteiger partial charge in [0.1, 0.15) is 0 Å². The lowest BCUT2D eigenvalue weighted by Crippen LogP contribution is -2.52. The molecule has 2 aromatic carbocycles. The predicted octanol–water partition coefficient (Wildman–Crippen LogP) is 4.20. The number of para-hydroxylation sites is 1. The van der Waals surface area contributed by atoms with Crippen molar-refractivity contribution in [3.63, 3.8) is 0 Å². The predicted molar refractivity (Wildman–Crippen MR) is 115 cm³/mol. The van der Waals surface area contributed by atoms with Crippen LogP contribution in [-0.4, -0.2) is 17.5 Å². The number of hydrogen-bond acceptors (Lipinski definition) is 3. The maximum absolute atomic E-state index is 12.4. The molecule has 0 spiro atoms. The first-order valence-electron chi connectivity index (χ1n) is 9.29. The molecule has 2 aromatic rings. The summed E-state index contributed by atoms with van der Waals surface area (Å²) in [5.74, 6) is -0.0862. The van der Waals surface area contributed by atoms with Crippen LogP contribution < -0.4 is 21.7 Å². The first-order valence-corrected chi connectivity index (χ1v) is 9.29. The van der Waals surface area contributed by atoms with Gasteiger partial charge in [0.2, 0.25) is 5.91 Å². The summed E-state index contributed by atoms with van der Waals surface area (Å²) in [6, 6.07) is 16.2. The van der Waals surface area contributed by atoms with E-state index in [1.165, 1.54) is 0 Å². The molecule has 0 radical (unpaired) electrons. The van der Waals surface area contributed by atoms with E-state index in [1.54, 1.807) is 0 Å². The molecule has 150 valence electrons. The molecule has 0 bridgehead atoms. The fourth-order valence-corrected chi connectivity index (χ4v) is 3.33. The van der Waals surface area contributed by atoms with Crippen molar-refractivity contribution in [2.45, 2.75) is 44.2 Å². The summed E-state index contributed by atoms with van der Waals surface area (Å²) in [5.41, 5.74) is 7.84. The molecular formula is C21H27ClN4O2. The Morgan fingerprint density at radius 2 is 1.46 bits per heavy atom. The van der Waals surface area contributed by atoms with Crippen molar-refractivity contribution >= 4 is 35.7 Å². The van der Waals surface area contributed by atoms with Crippen LogP contribution in [0.5, 0.6) is 0 Å². The number of carbonyl (C=O) groups is 2. The number of nitrogens with two attached hydrogens (primary N) is 1. The second-order valence-corrected chi connectivity index (χ2v) is 7.13. The topological polar surface area (TPSA) is 96.2 Å². The van der Waals surface area contributed by atoms with Crippen LogP contribution in [0.3, 0.4) is 0 Å². The highest BCUT2D eigenvalue weighted by Gasteiger charge is 2.37. The summed E-state index contributed by atoms with van der Waals surface area (Å²) in [6.07, 6.45) is 3.49.